The van der Waals surface area contributed by atoms with Crippen LogP contribution in [0.25, 0.3) is 6.08 Å². The molecular formula is C25H23FN2S. The highest BCUT2D eigenvalue weighted by atomic mass is 32.1. The first-order valence-corrected chi connectivity index (χ1v) is 10.6. The molecule has 0 fully saturated rings. The predicted molar refractivity (Wildman–Crippen MR) is 119 cm³/mol. The van der Waals surface area contributed by atoms with Crippen molar-refractivity contribution in [2.24, 2.45) is 5.92 Å². The van der Waals surface area contributed by atoms with Crippen LogP contribution in [-0.2, 0) is 5.54 Å². The van der Waals surface area contributed by atoms with Crippen molar-refractivity contribution in [2.75, 3.05) is 0 Å². The summed E-state index contributed by atoms with van der Waals surface area (Å²) in [7, 11) is 0. The van der Waals surface area contributed by atoms with Crippen molar-refractivity contribution >= 4 is 17.4 Å². The Morgan fingerprint density at radius 3 is 2.66 bits per heavy atom. The Morgan fingerprint density at radius 2 is 1.93 bits per heavy atom. The Morgan fingerprint density at radius 1 is 1.14 bits per heavy atom. The summed E-state index contributed by atoms with van der Waals surface area (Å²) in [4.78, 5) is 4.31. The second kappa shape index (κ2) is 8.58. The lowest BCUT2D eigenvalue weighted by atomic mass is 9.74. The highest BCUT2D eigenvalue weighted by molar-refractivity contribution is 7.10. The largest absolute Gasteiger partial charge is 0.374 e. The maximum atomic E-state index is 15.2. The van der Waals surface area contributed by atoms with E-state index in [2.05, 4.69) is 35.5 Å². The number of hydrogen-bond donors (Lipinski definition) is 1. The highest BCUT2D eigenvalue weighted by Gasteiger charge is 2.39. The Balaban J connectivity index is 1.92. The van der Waals surface area contributed by atoms with Crippen molar-refractivity contribution in [2.45, 2.75) is 18.9 Å². The average molecular weight is 403 g/mol. The quantitative estimate of drug-likeness (QED) is 0.523. The third kappa shape index (κ3) is 3.94. The van der Waals surface area contributed by atoms with E-state index in [4.69, 9.17) is 0 Å². The van der Waals surface area contributed by atoms with Crippen LogP contribution in [0.4, 0.5) is 4.39 Å². The number of thiazole rings is 1. The maximum absolute atomic E-state index is 15.2. The minimum absolute atomic E-state index is 0.237. The second-order valence-corrected chi connectivity index (χ2v) is 8.11. The van der Waals surface area contributed by atoms with Gasteiger partial charge in [-0.15, -0.1) is 11.3 Å². The molecule has 1 aliphatic rings. The van der Waals surface area contributed by atoms with Crippen molar-refractivity contribution in [1.82, 2.24) is 10.3 Å². The van der Waals surface area contributed by atoms with E-state index in [9.17, 15) is 0 Å². The van der Waals surface area contributed by atoms with Gasteiger partial charge in [-0.25, -0.2) is 9.37 Å². The molecule has 0 spiro atoms. The van der Waals surface area contributed by atoms with Crippen LogP contribution in [0.1, 0.15) is 29.5 Å². The molecule has 3 aromatic rings. The summed E-state index contributed by atoms with van der Waals surface area (Å²) in [6, 6.07) is 17.1. The summed E-state index contributed by atoms with van der Waals surface area (Å²) in [5.41, 5.74) is 1.78. The number of rotatable bonds is 6. The Hall–Kier alpha value is -2.98. The van der Waals surface area contributed by atoms with E-state index < -0.39 is 5.54 Å². The van der Waals surface area contributed by atoms with Gasteiger partial charge in [0.1, 0.15) is 16.4 Å². The monoisotopic (exact) mass is 402 g/mol. The highest BCUT2D eigenvalue weighted by Crippen LogP contribution is 2.41. The van der Waals surface area contributed by atoms with Gasteiger partial charge in [-0.3, -0.25) is 0 Å². The van der Waals surface area contributed by atoms with E-state index in [1.54, 1.807) is 23.6 Å². The Kier molecular flexibility index (Phi) is 5.72. The van der Waals surface area contributed by atoms with Gasteiger partial charge in [0.2, 0.25) is 0 Å². The van der Waals surface area contributed by atoms with Gasteiger partial charge in [-0.05, 0) is 35.6 Å². The molecule has 1 aliphatic carbocycles. The first kappa shape index (κ1) is 19.3. The van der Waals surface area contributed by atoms with Crippen LogP contribution < -0.4 is 5.32 Å². The molecule has 1 N–H and O–H groups in total. The summed E-state index contributed by atoms with van der Waals surface area (Å²) in [6.45, 7) is 2.19. The van der Waals surface area contributed by atoms with E-state index in [0.717, 1.165) is 22.6 Å². The van der Waals surface area contributed by atoms with Crippen LogP contribution in [0, 0.1) is 11.7 Å². The number of halogens is 1. The number of nitrogens with one attached hydrogen (secondary N) is 1. The molecule has 1 heterocycles. The molecule has 0 saturated carbocycles. The standard InChI is InChI=1S/C25H23FN2S/c1-19-8-7-11-21(18-19)25(20-9-3-2-4-10-20,22-12-5-6-13-23(22)26)28-15-14-24-27-16-17-29-24/h2-7,9-19,28H,8H2,1H3/b15-14+. The van der Waals surface area contributed by atoms with Gasteiger partial charge in [0, 0.05) is 23.3 Å². The third-order valence-electron chi connectivity index (χ3n) is 5.16. The summed E-state index contributed by atoms with van der Waals surface area (Å²) in [5.74, 6) is 0.147. The van der Waals surface area contributed by atoms with Gasteiger partial charge in [0.05, 0.1) is 0 Å². The maximum Gasteiger partial charge on any atom is 0.129 e. The van der Waals surface area contributed by atoms with E-state index >= 15 is 4.39 Å². The van der Waals surface area contributed by atoms with Crippen molar-refractivity contribution in [3.8, 4) is 0 Å². The van der Waals surface area contributed by atoms with E-state index in [1.807, 2.05) is 60.1 Å². The van der Waals surface area contributed by atoms with Gasteiger partial charge in [-0.1, -0.05) is 73.7 Å². The van der Waals surface area contributed by atoms with Gasteiger partial charge >= 0.3 is 0 Å². The molecule has 2 unspecified atom stereocenters. The first-order chi connectivity index (χ1) is 14.2. The van der Waals surface area contributed by atoms with Crippen LogP contribution in [0.3, 0.4) is 0 Å². The number of allylic oxidation sites excluding steroid dienone is 2. The fraction of sp³-hybridized carbons (Fsp3) is 0.160. The minimum Gasteiger partial charge on any atom is -0.374 e. The zero-order valence-electron chi connectivity index (χ0n) is 16.3. The van der Waals surface area contributed by atoms with Crippen LogP contribution >= 0.6 is 11.3 Å². The van der Waals surface area contributed by atoms with Gasteiger partial charge < -0.3 is 5.32 Å². The van der Waals surface area contributed by atoms with Crippen molar-refractivity contribution in [3.63, 3.8) is 0 Å². The summed E-state index contributed by atoms with van der Waals surface area (Å²) >= 11 is 1.56. The second-order valence-electron chi connectivity index (χ2n) is 7.18. The van der Waals surface area contributed by atoms with Crippen LogP contribution in [-0.4, -0.2) is 4.98 Å². The zero-order chi connectivity index (χ0) is 20.1. The molecule has 0 aliphatic heterocycles. The predicted octanol–water partition coefficient (Wildman–Crippen LogP) is 6.31. The molecule has 2 nitrogen and oxygen atoms in total. The fourth-order valence-corrected chi connectivity index (χ4v) is 4.35. The number of benzene rings is 2. The van der Waals surface area contributed by atoms with Crippen molar-refractivity contribution in [1.29, 1.82) is 0 Å². The molecule has 4 rings (SSSR count). The lowest BCUT2D eigenvalue weighted by molar-refractivity contribution is 0.495. The van der Waals surface area contributed by atoms with E-state index in [1.165, 1.54) is 6.07 Å². The molecule has 4 heteroatoms. The molecule has 29 heavy (non-hydrogen) atoms. The van der Waals surface area contributed by atoms with Crippen molar-refractivity contribution < 1.29 is 4.39 Å². The summed E-state index contributed by atoms with van der Waals surface area (Å²) in [5, 5.41) is 6.40. The molecule has 0 amide bonds. The number of aromatic nitrogens is 1. The molecule has 0 saturated heterocycles. The molecule has 146 valence electrons. The summed E-state index contributed by atoms with van der Waals surface area (Å²) in [6.07, 6.45) is 13.1. The average Bonchev–Trinajstić information content (AvgIpc) is 3.26. The lowest BCUT2D eigenvalue weighted by Gasteiger charge is -2.38. The molecule has 2 atom stereocenters. The molecule has 1 aromatic heterocycles. The van der Waals surface area contributed by atoms with Gasteiger partial charge in [0.15, 0.2) is 0 Å². The molecular weight excluding hydrogens is 379 g/mol. The Labute approximate surface area is 175 Å². The van der Waals surface area contributed by atoms with Gasteiger partial charge in [-0.2, -0.15) is 0 Å². The third-order valence-corrected chi connectivity index (χ3v) is 5.90. The molecule has 0 bridgehead atoms. The molecule has 2 aromatic carbocycles. The molecule has 0 radical (unpaired) electrons. The zero-order valence-corrected chi connectivity index (χ0v) is 17.1. The van der Waals surface area contributed by atoms with Crippen LogP contribution in [0.2, 0.25) is 0 Å². The number of hydrogen-bond acceptors (Lipinski definition) is 3. The fourth-order valence-electron chi connectivity index (χ4n) is 3.82. The van der Waals surface area contributed by atoms with Gasteiger partial charge in [0.25, 0.3) is 0 Å². The first-order valence-electron chi connectivity index (χ1n) is 9.73. The summed E-state index contributed by atoms with van der Waals surface area (Å²) < 4.78 is 15.2. The normalized spacial score (nSPS) is 18.4. The lowest BCUT2D eigenvalue weighted by Crippen LogP contribution is -2.43. The smallest absolute Gasteiger partial charge is 0.129 e. The van der Waals surface area contributed by atoms with E-state index in [0.29, 0.717) is 11.5 Å². The van der Waals surface area contributed by atoms with E-state index in [-0.39, 0.29) is 5.82 Å². The number of nitrogens with zero attached hydrogens (tertiary/aromatic N) is 1. The van der Waals surface area contributed by atoms with Crippen LogP contribution in [0.5, 0.6) is 0 Å². The Bertz CT molecular complexity index is 1040. The topological polar surface area (TPSA) is 24.9 Å². The van der Waals surface area contributed by atoms with Crippen LogP contribution in [0.15, 0.2) is 96.2 Å². The minimum atomic E-state index is -0.842. The van der Waals surface area contributed by atoms with Crippen molar-refractivity contribution in [3.05, 3.63) is 118 Å². The SMILES string of the molecule is CC1C=C(C(N/C=C/c2nccs2)(c2ccccc2)c2ccccc2F)C=CC1.